The molecule has 23 heavy (non-hydrogen) atoms. The van der Waals surface area contributed by atoms with Crippen LogP contribution in [0.5, 0.6) is 5.75 Å². The highest BCUT2D eigenvalue weighted by Gasteiger charge is 2.07. The highest BCUT2D eigenvalue weighted by atomic mass is 16.5. The lowest BCUT2D eigenvalue weighted by molar-refractivity contribution is 0.340. The molecule has 0 saturated carbocycles. The van der Waals surface area contributed by atoms with Gasteiger partial charge in [-0.1, -0.05) is 42.5 Å². The van der Waals surface area contributed by atoms with Gasteiger partial charge in [-0.25, -0.2) is 0 Å². The van der Waals surface area contributed by atoms with E-state index in [1.165, 1.54) is 16.5 Å². The molecule has 0 bridgehead atoms. The van der Waals surface area contributed by atoms with Gasteiger partial charge in [0.15, 0.2) is 0 Å². The van der Waals surface area contributed by atoms with E-state index in [0.717, 1.165) is 22.4 Å². The molecule has 3 rings (SSSR count). The van der Waals surface area contributed by atoms with Crippen LogP contribution in [0, 0.1) is 13.8 Å². The molecular weight excluding hydrogens is 282 g/mol. The summed E-state index contributed by atoms with van der Waals surface area (Å²) >= 11 is 0. The molecule has 0 amide bonds. The first-order chi connectivity index (χ1) is 11.2. The summed E-state index contributed by atoms with van der Waals surface area (Å²) < 4.78 is 5.80. The minimum Gasteiger partial charge on any atom is -0.493 e. The van der Waals surface area contributed by atoms with Crippen LogP contribution in [0.3, 0.4) is 0 Å². The smallest absolute Gasteiger partial charge is 0.128 e. The molecule has 2 heteroatoms. The summed E-state index contributed by atoms with van der Waals surface area (Å²) in [7, 11) is 0. The van der Waals surface area contributed by atoms with E-state index in [4.69, 9.17) is 9.73 Å². The highest BCUT2D eigenvalue weighted by molar-refractivity contribution is 6.03. The van der Waals surface area contributed by atoms with Crippen LogP contribution in [0.4, 0.5) is 5.69 Å². The third-order valence-corrected chi connectivity index (χ3v) is 4.14. The summed E-state index contributed by atoms with van der Waals surface area (Å²) in [5.74, 6) is 0.875. The number of benzene rings is 3. The fourth-order valence-corrected chi connectivity index (χ4v) is 2.70. The minimum atomic E-state index is 0.642. The van der Waals surface area contributed by atoms with E-state index in [2.05, 4.69) is 38.1 Å². The van der Waals surface area contributed by atoms with E-state index in [1.54, 1.807) is 0 Å². The number of hydrogen-bond donors (Lipinski definition) is 0. The van der Waals surface area contributed by atoms with Gasteiger partial charge in [0.25, 0.3) is 0 Å². The van der Waals surface area contributed by atoms with Crippen molar-refractivity contribution >= 4 is 22.7 Å². The summed E-state index contributed by atoms with van der Waals surface area (Å²) in [4.78, 5) is 4.72. The molecule has 0 aliphatic rings. The first-order valence-electron chi connectivity index (χ1n) is 7.95. The molecular formula is C21H21NO. The molecule has 0 aliphatic heterocycles. The second kappa shape index (κ2) is 6.66. The predicted octanol–water partition coefficient (Wildman–Crippen LogP) is 5.61. The van der Waals surface area contributed by atoms with Crippen molar-refractivity contribution in [2.24, 2.45) is 4.99 Å². The molecule has 0 saturated heterocycles. The molecule has 0 unspecified atom stereocenters. The Morgan fingerprint density at radius 3 is 2.61 bits per heavy atom. The summed E-state index contributed by atoms with van der Waals surface area (Å²) in [6.07, 6.45) is 1.93. The Morgan fingerprint density at radius 2 is 1.78 bits per heavy atom. The van der Waals surface area contributed by atoms with Gasteiger partial charge in [0, 0.05) is 11.8 Å². The van der Waals surface area contributed by atoms with Crippen LogP contribution in [0.1, 0.15) is 23.6 Å². The molecule has 116 valence electrons. The molecule has 3 aromatic carbocycles. The van der Waals surface area contributed by atoms with E-state index in [9.17, 15) is 0 Å². The number of hydrogen-bond acceptors (Lipinski definition) is 2. The number of fused-ring (bicyclic) bond motifs is 1. The largest absolute Gasteiger partial charge is 0.493 e. The quantitative estimate of drug-likeness (QED) is 0.574. The normalized spacial score (nSPS) is 11.3. The maximum atomic E-state index is 5.80. The Kier molecular flexibility index (Phi) is 4.42. The summed E-state index contributed by atoms with van der Waals surface area (Å²) in [5, 5.41) is 2.35. The van der Waals surface area contributed by atoms with Crippen LogP contribution in [-0.4, -0.2) is 12.8 Å². The first-order valence-corrected chi connectivity index (χ1v) is 7.95. The lowest BCUT2D eigenvalue weighted by Gasteiger charge is -2.10. The van der Waals surface area contributed by atoms with Crippen molar-refractivity contribution in [1.82, 2.24) is 0 Å². The first kappa shape index (κ1) is 15.3. The summed E-state index contributed by atoms with van der Waals surface area (Å²) in [6.45, 7) is 6.86. The summed E-state index contributed by atoms with van der Waals surface area (Å²) in [5.41, 5.74) is 4.50. The fraction of sp³-hybridized carbons (Fsp3) is 0.190. The molecule has 0 spiro atoms. The molecule has 0 aromatic heterocycles. The minimum absolute atomic E-state index is 0.642. The number of nitrogens with zero attached hydrogens (tertiary/aromatic N) is 1. The van der Waals surface area contributed by atoms with Gasteiger partial charge in [0.1, 0.15) is 5.75 Å². The van der Waals surface area contributed by atoms with Gasteiger partial charge >= 0.3 is 0 Å². The standard InChI is InChI=1S/C21H21NO/c1-4-23-21-13-12-17-9-5-6-10-18(17)19(21)14-22-20-11-7-8-15(2)16(20)3/h5-14H,4H2,1-3H3. The average Bonchev–Trinajstić information content (AvgIpc) is 2.57. The number of aliphatic imine (C=N–C) groups is 1. The average molecular weight is 303 g/mol. The molecule has 0 atom stereocenters. The monoisotopic (exact) mass is 303 g/mol. The molecule has 0 heterocycles. The Morgan fingerprint density at radius 1 is 0.957 bits per heavy atom. The van der Waals surface area contributed by atoms with Crippen molar-refractivity contribution in [3.05, 3.63) is 71.3 Å². The van der Waals surface area contributed by atoms with Crippen molar-refractivity contribution in [3.63, 3.8) is 0 Å². The zero-order valence-corrected chi connectivity index (χ0v) is 13.8. The maximum absolute atomic E-state index is 5.80. The third kappa shape index (κ3) is 3.11. The number of ether oxygens (including phenoxy) is 1. The molecule has 0 aliphatic carbocycles. The van der Waals surface area contributed by atoms with Crippen LogP contribution < -0.4 is 4.74 Å². The van der Waals surface area contributed by atoms with Crippen LogP contribution >= 0.6 is 0 Å². The van der Waals surface area contributed by atoms with Crippen molar-refractivity contribution in [1.29, 1.82) is 0 Å². The van der Waals surface area contributed by atoms with Crippen LogP contribution in [0.15, 0.2) is 59.6 Å². The van der Waals surface area contributed by atoms with Gasteiger partial charge in [-0.15, -0.1) is 0 Å². The third-order valence-electron chi connectivity index (χ3n) is 4.14. The van der Waals surface area contributed by atoms with Crippen molar-refractivity contribution in [3.8, 4) is 5.75 Å². The van der Waals surface area contributed by atoms with Gasteiger partial charge in [0.05, 0.1) is 12.3 Å². The van der Waals surface area contributed by atoms with Gasteiger partial charge < -0.3 is 4.74 Å². The lowest BCUT2D eigenvalue weighted by atomic mass is 10.0. The lowest BCUT2D eigenvalue weighted by Crippen LogP contribution is -1.97. The van der Waals surface area contributed by atoms with E-state index < -0.39 is 0 Å². The Balaban J connectivity index is 2.12. The van der Waals surface area contributed by atoms with Crippen molar-refractivity contribution < 1.29 is 4.74 Å². The zero-order chi connectivity index (χ0) is 16.2. The predicted molar refractivity (Wildman–Crippen MR) is 98.3 cm³/mol. The molecule has 2 nitrogen and oxygen atoms in total. The maximum Gasteiger partial charge on any atom is 0.128 e. The second-order valence-corrected chi connectivity index (χ2v) is 5.61. The Hall–Kier alpha value is -2.61. The zero-order valence-electron chi connectivity index (χ0n) is 13.8. The number of rotatable bonds is 4. The fourth-order valence-electron chi connectivity index (χ4n) is 2.70. The second-order valence-electron chi connectivity index (χ2n) is 5.61. The van der Waals surface area contributed by atoms with E-state index in [-0.39, 0.29) is 0 Å². The van der Waals surface area contributed by atoms with Crippen molar-refractivity contribution in [2.75, 3.05) is 6.61 Å². The number of aryl methyl sites for hydroxylation is 1. The molecule has 0 N–H and O–H groups in total. The van der Waals surface area contributed by atoms with Gasteiger partial charge in [0.2, 0.25) is 0 Å². The van der Waals surface area contributed by atoms with Gasteiger partial charge in [-0.3, -0.25) is 4.99 Å². The van der Waals surface area contributed by atoms with E-state index in [1.807, 2.05) is 43.5 Å². The summed E-state index contributed by atoms with van der Waals surface area (Å²) in [6, 6.07) is 18.6. The Labute approximate surface area is 137 Å². The highest BCUT2D eigenvalue weighted by Crippen LogP contribution is 2.28. The van der Waals surface area contributed by atoms with E-state index >= 15 is 0 Å². The van der Waals surface area contributed by atoms with E-state index in [0.29, 0.717) is 6.61 Å². The van der Waals surface area contributed by atoms with Crippen molar-refractivity contribution in [2.45, 2.75) is 20.8 Å². The van der Waals surface area contributed by atoms with Crippen LogP contribution in [0.2, 0.25) is 0 Å². The molecule has 0 fully saturated rings. The SMILES string of the molecule is CCOc1ccc2ccccc2c1C=Nc1cccc(C)c1C. The van der Waals surface area contributed by atoms with Gasteiger partial charge in [-0.2, -0.15) is 0 Å². The van der Waals surface area contributed by atoms with Crippen LogP contribution in [0.25, 0.3) is 10.8 Å². The molecule has 0 radical (unpaired) electrons. The topological polar surface area (TPSA) is 21.6 Å². The van der Waals surface area contributed by atoms with Gasteiger partial charge in [-0.05, 0) is 54.8 Å². The molecule has 3 aromatic rings. The van der Waals surface area contributed by atoms with Crippen LogP contribution in [-0.2, 0) is 0 Å². The Bertz CT molecular complexity index is 865.